The number of aliphatic hydroxyl groups excluding tert-OH is 1. The van der Waals surface area contributed by atoms with Gasteiger partial charge in [0.1, 0.15) is 18.5 Å². The lowest BCUT2D eigenvalue weighted by Crippen LogP contribution is -2.35. The topological polar surface area (TPSA) is 87.7 Å². The summed E-state index contributed by atoms with van der Waals surface area (Å²) in [5.41, 5.74) is 1.42. The first kappa shape index (κ1) is 22.3. The van der Waals surface area contributed by atoms with E-state index in [1.54, 1.807) is 30.3 Å². The van der Waals surface area contributed by atoms with Crippen molar-refractivity contribution in [2.24, 2.45) is 0 Å². The fraction of sp³-hybridized carbons (Fsp3) is 0.333. The quantitative estimate of drug-likeness (QED) is 0.367. The minimum Gasteiger partial charge on any atom is -0.490 e. The first-order valence-corrected chi connectivity index (χ1v) is 10.1. The Bertz CT molecular complexity index is 839. The van der Waals surface area contributed by atoms with Crippen molar-refractivity contribution in [1.29, 1.82) is 0 Å². The molecule has 0 saturated carbocycles. The van der Waals surface area contributed by atoms with Crippen molar-refractivity contribution in [1.82, 2.24) is 5.32 Å². The number of nitrogens with one attached hydrogen (secondary N) is 2. The van der Waals surface area contributed by atoms with Gasteiger partial charge in [0.25, 0.3) is 5.91 Å². The van der Waals surface area contributed by atoms with Crippen molar-refractivity contribution in [3.63, 3.8) is 0 Å². The van der Waals surface area contributed by atoms with Gasteiger partial charge in [0.05, 0.1) is 11.1 Å². The average molecular weight is 494 g/mol. The molecule has 2 aromatic rings. The molecule has 0 heterocycles. The second-order valence-corrected chi connectivity index (χ2v) is 7.89. The van der Waals surface area contributed by atoms with Crippen LogP contribution in [0.1, 0.15) is 41.5 Å². The third-order valence-corrected chi connectivity index (χ3v) is 4.87. The van der Waals surface area contributed by atoms with Crippen LogP contribution in [0.2, 0.25) is 0 Å². The number of hydrogen-bond acceptors (Lipinski definition) is 5. The van der Waals surface area contributed by atoms with Crippen molar-refractivity contribution in [2.75, 3.05) is 18.5 Å². The maximum atomic E-state index is 12.5. The third-order valence-electron chi connectivity index (χ3n) is 3.93. The summed E-state index contributed by atoms with van der Waals surface area (Å²) in [5.74, 6) is -0.0538. The van der Waals surface area contributed by atoms with E-state index in [1.807, 2.05) is 26.0 Å². The Labute approximate surface area is 178 Å². The van der Waals surface area contributed by atoms with Crippen LogP contribution >= 0.6 is 22.6 Å². The molecule has 0 spiro atoms. The smallest absolute Gasteiger partial charge is 0.256 e. The summed E-state index contributed by atoms with van der Waals surface area (Å²) in [7, 11) is 0. The van der Waals surface area contributed by atoms with Crippen LogP contribution in [0.5, 0.6) is 5.75 Å². The van der Waals surface area contributed by atoms with Gasteiger partial charge in [-0.3, -0.25) is 9.59 Å². The molecule has 0 aliphatic rings. The summed E-state index contributed by atoms with van der Waals surface area (Å²) in [4.78, 5) is 24.5. The average Bonchev–Trinajstić information content (AvgIpc) is 2.65. The highest BCUT2D eigenvalue weighted by Crippen LogP contribution is 2.24. The number of anilines is 1. The largest absolute Gasteiger partial charge is 0.490 e. The number of carbonyl (C=O) groups excluding carboxylic acids is 2. The molecule has 3 N–H and O–H groups in total. The second kappa shape index (κ2) is 10.5. The molecule has 0 radical (unpaired) electrons. The molecule has 7 heteroatoms. The van der Waals surface area contributed by atoms with E-state index in [2.05, 4.69) is 33.2 Å². The van der Waals surface area contributed by atoms with E-state index in [4.69, 9.17) is 4.74 Å². The lowest BCUT2D eigenvalue weighted by atomic mass is 10.1. The van der Waals surface area contributed by atoms with Gasteiger partial charge in [-0.2, -0.15) is 0 Å². The monoisotopic (exact) mass is 494 g/mol. The van der Waals surface area contributed by atoms with Crippen LogP contribution in [-0.4, -0.2) is 42.1 Å². The number of aliphatic hydroxyl groups is 1. The summed E-state index contributed by atoms with van der Waals surface area (Å²) in [6.45, 7) is 5.88. The summed E-state index contributed by atoms with van der Waals surface area (Å²) in [6, 6.07) is 12.4. The summed E-state index contributed by atoms with van der Waals surface area (Å²) in [6.07, 6.45) is -0.693. The Morgan fingerprint density at radius 2 is 1.86 bits per heavy atom. The van der Waals surface area contributed by atoms with E-state index in [9.17, 15) is 14.7 Å². The normalized spacial score (nSPS) is 11.9. The molecular formula is C21H25IN2O4. The van der Waals surface area contributed by atoms with Crippen LogP contribution < -0.4 is 15.4 Å². The highest BCUT2D eigenvalue weighted by Gasteiger charge is 2.15. The maximum Gasteiger partial charge on any atom is 0.256 e. The predicted octanol–water partition coefficient (Wildman–Crippen LogP) is 3.48. The zero-order valence-corrected chi connectivity index (χ0v) is 18.3. The number of hydrogen-bond donors (Lipinski definition) is 3. The number of halogens is 1. The van der Waals surface area contributed by atoms with Gasteiger partial charge in [0, 0.05) is 21.8 Å². The van der Waals surface area contributed by atoms with Crippen LogP contribution in [-0.2, 0) is 0 Å². The first-order chi connectivity index (χ1) is 13.3. The molecule has 150 valence electrons. The summed E-state index contributed by atoms with van der Waals surface area (Å²) >= 11 is 2.10. The fourth-order valence-corrected chi connectivity index (χ4v) is 3.10. The standard InChI is InChI=1S/C21H25IN2O4/c1-13(2)23-11-16(26)12-28-20-9-8-15(10-18(20)14(3)25)24-21(27)17-6-4-5-7-19(17)22/h4-10,13,16,23,26H,11-12H2,1-3H3,(H,24,27)/i22-2. The molecular weight excluding hydrogens is 469 g/mol. The van der Waals surface area contributed by atoms with Gasteiger partial charge in [-0.05, 0) is 59.8 Å². The van der Waals surface area contributed by atoms with Crippen molar-refractivity contribution in [3.05, 3.63) is 57.2 Å². The Morgan fingerprint density at radius 1 is 1.14 bits per heavy atom. The number of amides is 1. The van der Waals surface area contributed by atoms with Gasteiger partial charge in [-0.15, -0.1) is 0 Å². The van der Waals surface area contributed by atoms with E-state index >= 15 is 0 Å². The zero-order valence-electron chi connectivity index (χ0n) is 16.2. The molecule has 1 atom stereocenters. The molecule has 0 aliphatic carbocycles. The maximum absolute atomic E-state index is 12.5. The Morgan fingerprint density at radius 3 is 2.50 bits per heavy atom. The minimum atomic E-state index is -0.693. The number of Topliss-reactive ketones (excluding diaryl/α,β-unsaturated/α-hetero) is 1. The predicted molar refractivity (Wildman–Crippen MR) is 118 cm³/mol. The molecule has 2 aromatic carbocycles. The Kier molecular flexibility index (Phi) is 8.40. The molecule has 0 saturated heterocycles. The number of rotatable bonds is 9. The van der Waals surface area contributed by atoms with Crippen LogP contribution in [0.15, 0.2) is 42.5 Å². The van der Waals surface area contributed by atoms with Crippen molar-refractivity contribution >= 4 is 40.0 Å². The highest BCUT2D eigenvalue weighted by atomic mass is 125. The first-order valence-electron chi connectivity index (χ1n) is 9.03. The SMILES string of the molecule is CC(=O)c1cc(NC(=O)c2ccccc2[125I])ccc1OCC(O)CNC(C)C. The molecule has 0 aromatic heterocycles. The molecule has 0 aliphatic heterocycles. The highest BCUT2D eigenvalue weighted by molar-refractivity contribution is 14.1. The summed E-state index contributed by atoms with van der Waals surface area (Å²) < 4.78 is 6.47. The van der Waals surface area contributed by atoms with Gasteiger partial charge in [-0.25, -0.2) is 0 Å². The Hall–Kier alpha value is -1.97. The van der Waals surface area contributed by atoms with Crippen molar-refractivity contribution in [3.8, 4) is 5.75 Å². The number of carbonyl (C=O) groups is 2. The van der Waals surface area contributed by atoms with E-state index in [0.29, 0.717) is 29.1 Å². The van der Waals surface area contributed by atoms with Crippen LogP contribution in [0.3, 0.4) is 0 Å². The lowest BCUT2D eigenvalue weighted by molar-refractivity contribution is 0.0967. The fourth-order valence-electron chi connectivity index (χ4n) is 2.47. The van der Waals surface area contributed by atoms with Gasteiger partial charge >= 0.3 is 0 Å². The van der Waals surface area contributed by atoms with E-state index in [-0.39, 0.29) is 24.3 Å². The Balaban J connectivity index is 2.09. The molecule has 0 bridgehead atoms. The summed E-state index contributed by atoms with van der Waals surface area (Å²) in [5, 5.41) is 15.9. The van der Waals surface area contributed by atoms with Gasteiger partial charge in [-0.1, -0.05) is 26.0 Å². The number of ether oxygens (including phenoxy) is 1. The molecule has 1 unspecified atom stereocenters. The van der Waals surface area contributed by atoms with Gasteiger partial charge in [0.2, 0.25) is 0 Å². The lowest BCUT2D eigenvalue weighted by Gasteiger charge is -2.17. The minimum absolute atomic E-state index is 0.0634. The van der Waals surface area contributed by atoms with Crippen LogP contribution in [0, 0.1) is 3.57 Å². The second-order valence-electron chi connectivity index (χ2n) is 6.73. The zero-order chi connectivity index (χ0) is 20.7. The van der Waals surface area contributed by atoms with Crippen LogP contribution in [0.25, 0.3) is 0 Å². The van der Waals surface area contributed by atoms with Crippen LogP contribution in [0.4, 0.5) is 5.69 Å². The number of benzene rings is 2. The van der Waals surface area contributed by atoms with E-state index in [0.717, 1.165) is 3.57 Å². The van der Waals surface area contributed by atoms with Gasteiger partial charge < -0.3 is 20.5 Å². The van der Waals surface area contributed by atoms with Crippen molar-refractivity contribution in [2.45, 2.75) is 32.9 Å². The van der Waals surface area contributed by atoms with E-state index in [1.165, 1.54) is 6.92 Å². The molecule has 1 amide bonds. The van der Waals surface area contributed by atoms with Gasteiger partial charge in [0.15, 0.2) is 5.78 Å². The molecule has 2 rings (SSSR count). The number of ketones is 1. The third kappa shape index (κ3) is 6.57. The van der Waals surface area contributed by atoms with E-state index < -0.39 is 6.10 Å². The molecule has 0 fully saturated rings. The molecule has 28 heavy (non-hydrogen) atoms. The van der Waals surface area contributed by atoms with Crippen molar-refractivity contribution < 1.29 is 19.4 Å². The molecule has 6 nitrogen and oxygen atoms in total.